The highest BCUT2D eigenvalue weighted by atomic mass is 79.9. The summed E-state index contributed by atoms with van der Waals surface area (Å²) in [4.78, 5) is 16.3. The topological polar surface area (TPSA) is 63.0 Å². The summed E-state index contributed by atoms with van der Waals surface area (Å²) in [5.41, 5.74) is 1.10. The van der Waals surface area contributed by atoms with Gasteiger partial charge in [0.15, 0.2) is 5.78 Å². The van der Waals surface area contributed by atoms with Gasteiger partial charge in [-0.15, -0.1) is 0 Å². The molecule has 5 heteroatoms. The highest BCUT2D eigenvalue weighted by molar-refractivity contribution is 9.10. The quantitative estimate of drug-likeness (QED) is 0.806. The average molecular weight is 331 g/mol. The first-order valence-electron chi connectivity index (χ1n) is 5.84. The number of ketones is 1. The fourth-order valence-electron chi connectivity index (χ4n) is 1.83. The summed E-state index contributed by atoms with van der Waals surface area (Å²) in [5, 5.41) is 9.25. The zero-order chi connectivity index (χ0) is 14.5. The molecular weight excluding hydrogens is 320 g/mol. The van der Waals surface area contributed by atoms with Gasteiger partial charge in [0.2, 0.25) is 0 Å². The van der Waals surface area contributed by atoms with Crippen molar-refractivity contribution in [2.45, 2.75) is 5.92 Å². The second-order valence-electron chi connectivity index (χ2n) is 4.06. The van der Waals surface area contributed by atoms with Crippen molar-refractivity contribution in [2.24, 2.45) is 0 Å². The first kappa shape index (κ1) is 14.2. The summed E-state index contributed by atoms with van der Waals surface area (Å²) in [5.74, 6) is -0.445. The van der Waals surface area contributed by atoms with Crippen LogP contribution in [0.4, 0.5) is 0 Å². The van der Waals surface area contributed by atoms with Gasteiger partial charge in [-0.25, -0.2) is 0 Å². The van der Waals surface area contributed by atoms with E-state index in [1.165, 1.54) is 0 Å². The largest absolute Gasteiger partial charge is 0.496 e. The third-order valence-electron chi connectivity index (χ3n) is 2.87. The molecule has 0 saturated carbocycles. The fraction of sp³-hybridized carbons (Fsp3) is 0.133. The lowest BCUT2D eigenvalue weighted by Gasteiger charge is -2.10. The van der Waals surface area contributed by atoms with E-state index in [0.29, 0.717) is 21.3 Å². The third-order valence-corrected chi connectivity index (χ3v) is 3.49. The van der Waals surface area contributed by atoms with Crippen LogP contribution in [-0.4, -0.2) is 17.9 Å². The van der Waals surface area contributed by atoms with Gasteiger partial charge in [-0.2, -0.15) is 5.26 Å². The Labute approximate surface area is 125 Å². The van der Waals surface area contributed by atoms with Gasteiger partial charge in [-0.1, -0.05) is 0 Å². The number of nitriles is 1. The maximum Gasteiger partial charge on any atom is 0.184 e. The van der Waals surface area contributed by atoms with Crippen molar-refractivity contribution in [2.75, 3.05) is 7.11 Å². The van der Waals surface area contributed by atoms with Crippen molar-refractivity contribution in [1.29, 1.82) is 5.26 Å². The normalized spacial score (nSPS) is 11.4. The Hall–Kier alpha value is -2.19. The monoisotopic (exact) mass is 330 g/mol. The molecule has 4 nitrogen and oxygen atoms in total. The molecule has 1 aromatic heterocycles. The third kappa shape index (κ3) is 2.86. The second kappa shape index (κ2) is 6.31. The number of Topliss-reactive ketones (excluding diaryl/α,β-unsaturated/α-hetero) is 1. The van der Waals surface area contributed by atoms with Gasteiger partial charge in [0, 0.05) is 18.0 Å². The summed E-state index contributed by atoms with van der Waals surface area (Å²) in [6.07, 6.45) is 3.13. The molecule has 0 saturated heterocycles. The number of aromatic nitrogens is 1. The summed E-state index contributed by atoms with van der Waals surface area (Å²) >= 11 is 3.33. The number of hydrogen-bond acceptors (Lipinski definition) is 4. The first-order valence-corrected chi connectivity index (χ1v) is 6.64. The van der Waals surface area contributed by atoms with E-state index in [-0.39, 0.29) is 5.78 Å². The molecule has 0 spiro atoms. The molecule has 0 N–H and O–H groups in total. The van der Waals surface area contributed by atoms with Crippen molar-refractivity contribution >= 4 is 21.7 Å². The van der Waals surface area contributed by atoms with Crippen LogP contribution in [0.2, 0.25) is 0 Å². The number of hydrogen-bond donors (Lipinski definition) is 0. The van der Waals surface area contributed by atoms with Gasteiger partial charge in [0.25, 0.3) is 0 Å². The van der Waals surface area contributed by atoms with Crippen molar-refractivity contribution in [3.05, 3.63) is 58.3 Å². The van der Waals surface area contributed by atoms with Gasteiger partial charge in [-0.3, -0.25) is 9.78 Å². The summed E-state index contributed by atoms with van der Waals surface area (Å²) in [6.45, 7) is 0. The van der Waals surface area contributed by atoms with Crippen LogP contribution in [0.1, 0.15) is 21.8 Å². The molecule has 2 rings (SSSR count). The van der Waals surface area contributed by atoms with Gasteiger partial charge in [0.05, 0.1) is 17.7 Å². The summed E-state index contributed by atoms with van der Waals surface area (Å²) in [6, 6.07) is 10.4. The molecule has 0 bridgehead atoms. The molecule has 0 aliphatic carbocycles. The standard InChI is InChI=1S/C15H11BrN2O2/c1-20-14-3-2-11(8-13(14)16)15(19)12(9-17)10-4-6-18-7-5-10/h2-8,12H,1H3. The number of halogens is 1. The fourth-order valence-corrected chi connectivity index (χ4v) is 2.37. The predicted molar refractivity (Wildman–Crippen MR) is 77.6 cm³/mol. The van der Waals surface area contributed by atoms with Crippen LogP contribution in [0.25, 0.3) is 0 Å². The molecule has 2 aromatic rings. The maximum atomic E-state index is 12.4. The average Bonchev–Trinajstić information content (AvgIpc) is 2.49. The molecule has 0 amide bonds. The summed E-state index contributed by atoms with van der Waals surface area (Å²) < 4.78 is 5.80. The van der Waals surface area contributed by atoms with Crippen LogP contribution in [0, 0.1) is 11.3 Å². The molecule has 1 heterocycles. The lowest BCUT2D eigenvalue weighted by Crippen LogP contribution is -2.11. The smallest absolute Gasteiger partial charge is 0.184 e. The Morgan fingerprint density at radius 3 is 2.60 bits per heavy atom. The SMILES string of the molecule is COc1ccc(C(=O)C(C#N)c2ccncc2)cc1Br. The maximum absolute atomic E-state index is 12.4. The lowest BCUT2D eigenvalue weighted by atomic mass is 9.92. The number of carbonyl (C=O) groups is 1. The molecule has 1 atom stereocenters. The number of methoxy groups -OCH3 is 1. The molecule has 0 fully saturated rings. The van der Waals surface area contributed by atoms with E-state index in [2.05, 4.69) is 20.9 Å². The first-order chi connectivity index (χ1) is 9.67. The van der Waals surface area contributed by atoms with Crippen LogP contribution < -0.4 is 4.74 Å². The zero-order valence-electron chi connectivity index (χ0n) is 10.7. The Kier molecular flexibility index (Phi) is 4.49. The minimum Gasteiger partial charge on any atom is -0.496 e. The van der Waals surface area contributed by atoms with Crippen molar-refractivity contribution in [1.82, 2.24) is 4.98 Å². The Balaban J connectivity index is 2.35. The Bertz CT molecular complexity index is 665. The Morgan fingerprint density at radius 2 is 2.05 bits per heavy atom. The van der Waals surface area contributed by atoms with E-state index in [9.17, 15) is 10.1 Å². The Morgan fingerprint density at radius 1 is 1.35 bits per heavy atom. The molecular formula is C15H11BrN2O2. The van der Waals surface area contributed by atoms with E-state index in [0.717, 1.165) is 0 Å². The minimum atomic E-state index is -0.835. The van der Waals surface area contributed by atoms with E-state index < -0.39 is 5.92 Å². The molecule has 0 aliphatic rings. The molecule has 0 aliphatic heterocycles. The molecule has 20 heavy (non-hydrogen) atoms. The van der Waals surface area contributed by atoms with Gasteiger partial charge >= 0.3 is 0 Å². The van der Waals surface area contributed by atoms with E-state index in [4.69, 9.17) is 4.74 Å². The molecule has 100 valence electrons. The summed E-state index contributed by atoms with van der Waals surface area (Å²) in [7, 11) is 1.55. The lowest BCUT2D eigenvalue weighted by molar-refractivity contribution is 0.0979. The van der Waals surface area contributed by atoms with E-state index >= 15 is 0 Å². The van der Waals surface area contributed by atoms with Gasteiger partial charge in [0.1, 0.15) is 11.7 Å². The van der Waals surface area contributed by atoms with Crippen LogP contribution in [0.3, 0.4) is 0 Å². The number of benzene rings is 1. The minimum absolute atomic E-state index is 0.248. The highest BCUT2D eigenvalue weighted by Gasteiger charge is 2.22. The van der Waals surface area contributed by atoms with E-state index in [1.807, 2.05) is 6.07 Å². The highest BCUT2D eigenvalue weighted by Crippen LogP contribution is 2.28. The predicted octanol–water partition coefficient (Wildman–Crippen LogP) is 3.34. The number of carbonyl (C=O) groups excluding carboxylic acids is 1. The molecule has 1 aromatic carbocycles. The number of pyridine rings is 1. The van der Waals surface area contributed by atoms with Crippen molar-refractivity contribution < 1.29 is 9.53 Å². The zero-order valence-corrected chi connectivity index (χ0v) is 12.3. The van der Waals surface area contributed by atoms with Gasteiger partial charge < -0.3 is 4.74 Å². The van der Waals surface area contributed by atoms with Crippen LogP contribution in [0.15, 0.2) is 47.2 Å². The van der Waals surface area contributed by atoms with Gasteiger partial charge in [-0.05, 0) is 51.8 Å². The van der Waals surface area contributed by atoms with E-state index in [1.54, 1.807) is 49.8 Å². The van der Waals surface area contributed by atoms with Crippen LogP contribution >= 0.6 is 15.9 Å². The van der Waals surface area contributed by atoms with Crippen molar-refractivity contribution in [3.8, 4) is 11.8 Å². The molecule has 1 unspecified atom stereocenters. The number of ether oxygens (including phenoxy) is 1. The van der Waals surface area contributed by atoms with Crippen molar-refractivity contribution in [3.63, 3.8) is 0 Å². The van der Waals surface area contributed by atoms with Crippen LogP contribution in [0.5, 0.6) is 5.75 Å². The number of nitrogens with zero attached hydrogens (tertiary/aromatic N) is 2. The van der Waals surface area contributed by atoms with Crippen LogP contribution in [-0.2, 0) is 0 Å². The number of rotatable bonds is 4. The molecule has 0 radical (unpaired) electrons. The second-order valence-corrected chi connectivity index (χ2v) is 4.91.